The van der Waals surface area contributed by atoms with E-state index in [2.05, 4.69) is 20.3 Å². The van der Waals surface area contributed by atoms with E-state index in [-0.39, 0.29) is 5.91 Å². The molecule has 0 saturated heterocycles. The number of pyridine rings is 2. The molecule has 0 aliphatic carbocycles. The van der Waals surface area contributed by atoms with E-state index >= 15 is 0 Å². The Bertz CT molecular complexity index is 1150. The Kier molecular flexibility index (Phi) is 5.54. The molecule has 4 aromatic rings. The van der Waals surface area contributed by atoms with Crippen LogP contribution < -0.4 is 5.32 Å². The van der Waals surface area contributed by atoms with Crippen molar-refractivity contribution in [2.45, 2.75) is 13.0 Å². The number of aromatic nitrogens is 4. The highest BCUT2D eigenvalue weighted by Gasteiger charge is 2.17. The molecule has 0 atom stereocenters. The predicted octanol–water partition coefficient (Wildman–Crippen LogP) is 4.58. The lowest BCUT2D eigenvalue weighted by molar-refractivity contribution is 0.102. The first-order valence-electron chi connectivity index (χ1n) is 8.60. The number of halogens is 2. The van der Waals surface area contributed by atoms with E-state index in [9.17, 15) is 4.79 Å². The van der Waals surface area contributed by atoms with Gasteiger partial charge in [0.05, 0.1) is 20.2 Å². The topological polar surface area (TPSA) is 72.7 Å². The quantitative estimate of drug-likeness (QED) is 0.320. The third-order valence-corrected chi connectivity index (χ3v) is 5.99. The van der Waals surface area contributed by atoms with E-state index in [1.54, 1.807) is 12.3 Å². The molecule has 0 aliphatic rings. The van der Waals surface area contributed by atoms with Crippen LogP contribution in [-0.4, -0.2) is 25.4 Å². The van der Waals surface area contributed by atoms with Crippen LogP contribution in [0.3, 0.4) is 0 Å². The molecule has 3 aromatic heterocycles. The highest BCUT2D eigenvalue weighted by molar-refractivity contribution is 14.1. The normalized spacial score (nSPS) is 10.9. The Morgan fingerprint density at radius 2 is 1.89 bits per heavy atom. The number of nitrogens with one attached hydrogen (secondary N) is 1. The lowest BCUT2D eigenvalue weighted by Crippen LogP contribution is -2.18. The van der Waals surface area contributed by atoms with Crippen molar-refractivity contribution in [2.24, 2.45) is 0 Å². The Morgan fingerprint density at radius 1 is 1.07 bits per heavy atom. The number of hydrogen-bond acceptors (Lipinski definition) is 4. The molecule has 0 fully saturated rings. The second-order valence-electron chi connectivity index (χ2n) is 6.06. The summed E-state index contributed by atoms with van der Waals surface area (Å²) >= 11 is 8.07. The first-order valence-corrected chi connectivity index (χ1v) is 10.1. The molecule has 0 radical (unpaired) electrons. The van der Waals surface area contributed by atoms with Crippen LogP contribution in [0.2, 0.25) is 5.15 Å². The van der Waals surface area contributed by atoms with Gasteiger partial charge < -0.3 is 4.57 Å². The number of carbonyl (C=O) groups is 1. The maximum Gasteiger partial charge on any atom is 0.259 e. The number of para-hydroxylation sites is 2. The van der Waals surface area contributed by atoms with E-state index < -0.39 is 0 Å². The number of benzene rings is 1. The number of carbonyl (C=O) groups excluding carboxylic acids is 1. The summed E-state index contributed by atoms with van der Waals surface area (Å²) in [6.45, 7) is 0.640. The Balaban J connectivity index is 1.66. The second-order valence-corrected chi connectivity index (χ2v) is 7.50. The van der Waals surface area contributed by atoms with Crippen LogP contribution in [-0.2, 0) is 13.0 Å². The van der Waals surface area contributed by atoms with Gasteiger partial charge in [0, 0.05) is 31.1 Å². The summed E-state index contributed by atoms with van der Waals surface area (Å²) in [7, 11) is 0. The summed E-state index contributed by atoms with van der Waals surface area (Å²) in [6, 6.07) is 15.3. The fourth-order valence-corrected chi connectivity index (χ4v) is 3.65. The molecule has 0 saturated carbocycles. The lowest BCUT2D eigenvalue weighted by atomic mass is 10.2. The molecule has 4 rings (SSSR count). The van der Waals surface area contributed by atoms with Gasteiger partial charge in [0.2, 0.25) is 5.95 Å². The average molecular weight is 504 g/mol. The van der Waals surface area contributed by atoms with Crippen molar-refractivity contribution in [3.05, 3.63) is 80.9 Å². The summed E-state index contributed by atoms with van der Waals surface area (Å²) < 4.78 is 2.60. The molecule has 1 N–H and O–H groups in total. The minimum absolute atomic E-state index is 0.275. The van der Waals surface area contributed by atoms with E-state index in [4.69, 9.17) is 11.6 Å². The van der Waals surface area contributed by atoms with Crippen molar-refractivity contribution in [1.82, 2.24) is 19.5 Å². The molecule has 3 heterocycles. The van der Waals surface area contributed by atoms with Gasteiger partial charge in [-0.25, -0.2) is 9.97 Å². The fraction of sp³-hybridized carbons (Fsp3) is 0.100. The predicted molar refractivity (Wildman–Crippen MR) is 118 cm³/mol. The van der Waals surface area contributed by atoms with Crippen LogP contribution in [0.1, 0.15) is 16.1 Å². The third kappa shape index (κ3) is 3.85. The van der Waals surface area contributed by atoms with Crippen molar-refractivity contribution in [3.8, 4) is 0 Å². The number of imidazole rings is 1. The number of anilines is 1. The van der Waals surface area contributed by atoms with Crippen LogP contribution in [0.5, 0.6) is 0 Å². The van der Waals surface area contributed by atoms with Crippen LogP contribution in [0.4, 0.5) is 5.95 Å². The van der Waals surface area contributed by atoms with Gasteiger partial charge in [-0.15, -0.1) is 0 Å². The zero-order valence-electron chi connectivity index (χ0n) is 14.6. The van der Waals surface area contributed by atoms with Crippen molar-refractivity contribution in [2.75, 3.05) is 5.32 Å². The SMILES string of the molecule is O=C(Nc1nc2ccccc2n1CCc1ccccn1)c1ccnc(Cl)c1I. The molecule has 8 heteroatoms. The van der Waals surface area contributed by atoms with E-state index in [0.717, 1.165) is 23.1 Å². The van der Waals surface area contributed by atoms with E-state index in [1.807, 2.05) is 69.6 Å². The molecule has 6 nitrogen and oxygen atoms in total. The number of nitrogens with zero attached hydrogens (tertiary/aromatic N) is 4. The van der Waals surface area contributed by atoms with Crippen LogP contribution in [0.25, 0.3) is 11.0 Å². The first kappa shape index (κ1) is 18.8. The molecule has 0 bridgehead atoms. The number of rotatable bonds is 5. The highest BCUT2D eigenvalue weighted by Crippen LogP contribution is 2.23. The van der Waals surface area contributed by atoms with Crippen molar-refractivity contribution >= 4 is 57.1 Å². The highest BCUT2D eigenvalue weighted by atomic mass is 127. The van der Waals surface area contributed by atoms with Crippen molar-refractivity contribution in [1.29, 1.82) is 0 Å². The number of hydrogen-bond donors (Lipinski definition) is 1. The van der Waals surface area contributed by atoms with Crippen LogP contribution in [0, 0.1) is 3.57 Å². The monoisotopic (exact) mass is 503 g/mol. The molecule has 1 amide bonds. The first-order chi connectivity index (χ1) is 13.6. The van der Waals surface area contributed by atoms with Gasteiger partial charge in [-0.05, 0) is 52.9 Å². The van der Waals surface area contributed by atoms with Crippen molar-refractivity contribution < 1.29 is 4.79 Å². The third-order valence-electron chi connectivity index (χ3n) is 4.29. The Hall–Kier alpha value is -2.52. The number of amides is 1. The zero-order valence-corrected chi connectivity index (χ0v) is 17.6. The van der Waals surface area contributed by atoms with Gasteiger partial charge in [0.1, 0.15) is 5.15 Å². The molecular formula is C20H15ClIN5O. The second kappa shape index (κ2) is 8.24. The van der Waals surface area contributed by atoms with Gasteiger partial charge in [0.25, 0.3) is 5.91 Å². The standard InChI is InChI=1S/C20H15ClIN5O/c21-18-17(22)14(8-11-24-18)19(28)26-20-25-15-6-1-2-7-16(15)27(20)12-9-13-5-3-4-10-23-13/h1-8,10-11H,9,12H2,(H,25,26,28). The lowest BCUT2D eigenvalue weighted by Gasteiger charge is -2.11. The largest absolute Gasteiger partial charge is 0.310 e. The Morgan fingerprint density at radius 3 is 2.71 bits per heavy atom. The maximum absolute atomic E-state index is 12.8. The number of aryl methyl sites for hydroxylation is 2. The summed E-state index contributed by atoms with van der Waals surface area (Å²) in [5.74, 6) is 0.217. The minimum atomic E-state index is -0.275. The van der Waals surface area contributed by atoms with Crippen molar-refractivity contribution in [3.63, 3.8) is 0 Å². The van der Waals surface area contributed by atoms with E-state index in [0.29, 0.717) is 26.8 Å². The summed E-state index contributed by atoms with van der Waals surface area (Å²) in [5.41, 5.74) is 3.22. The van der Waals surface area contributed by atoms with Gasteiger partial charge >= 0.3 is 0 Å². The maximum atomic E-state index is 12.8. The molecule has 0 spiro atoms. The summed E-state index contributed by atoms with van der Waals surface area (Å²) in [6.07, 6.45) is 4.02. The van der Waals surface area contributed by atoms with Crippen LogP contribution >= 0.6 is 34.2 Å². The summed E-state index contributed by atoms with van der Waals surface area (Å²) in [4.78, 5) is 25.8. The van der Waals surface area contributed by atoms with Gasteiger partial charge in [-0.1, -0.05) is 29.8 Å². The average Bonchev–Trinajstić information content (AvgIpc) is 3.06. The fourth-order valence-electron chi connectivity index (χ4n) is 2.93. The molecule has 1 aromatic carbocycles. The van der Waals surface area contributed by atoms with Gasteiger partial charge in [0.15, 0.2) is 0 Å². The zero-order chi connectivity index (χ0) is 19.5. The molecule has 28 heavy (non-hydrogen) atoms. The number of fused-ring (bicyclic) bond motifs is 1. The molecule has 140 valence electrons. The van der Waals surface area contributed by atoms with Crippen LogP contribution in [0.15, 0.2) is 60.9 Å². The van der Waals surface area contributed by atoms with Gasteiger partial charge in [-0.2, -0.15) is 0 Å². The molecular weight excluding hydrogens is 489 g/mol. The minimum Gasteiger partial charge on any atom is -0.310 e. The Labute approximate surface area is 180 Å². The smallest absolute Gasteiger partial charge is 0.259 e. The molecule has 0 unspecified atom stereocenters. The van der Waals surface area contributed by atoms with Gasteiger partial charge in [-0.3, -0.25) is 15.1 Å². The molecule has 0 aliphatic heterocycles. The van der Waals surface area contributed by atoms with E-state index in [1.165, 1.54) is 6.20 Å². The summed E-state index contributed by atoms with van der Waals surface area (Å²) in [5, 5.41) is 3.22.